The molecule has 0 bridgehead atoms. The fourth-order valence-electron chi connectivity index (χ4n) is 0.811. The molecule has 0 unspecified atom stereocenters. The Morgan fingerprint density at radius 2 is 1.82 bits per heavy atom. The van der Waals surface area contributed by atoms with Crippen LogP contribution in [0.4, 0.5) is 0 Å². The molecule has 0 aromatic rings. The zero-order valence-electron chi connectivity index (χ0n) is 6.58. The van der Waals surface area contributed by atoms with Gasteiger partial charge in [-0.25, -0.2) is 0 Å². The van der Waals surface area contributed by atoms with Crippen LogP contribution < -0.4 is 0 Å². The highest BCUT2D eigenvalue weighted by Gasteiger charge is 1.96. The van der Waals surface area contributed by atoms with Crippen molar-refractivity contribution in [2.24, 2.45) is 0 Å². The minimum atomic E-state index is 0.145. The molecule has 0 amide bonds. The minimum absolute atomic E-state index is 0.145. The van der Waals surface area contributed by atoms with Crippen LogP contribution in [0.2, 0.25) is 0 Å². The fourth-order valence-corrected chi connectivity index (χ4v) is 1.14. The van der Waals surface area contributed by atoms with Gasteiger partial charge in [-0.15, -0.1) is 0 Å². The quantitative estimate of drug-likeness (QED) is 0.477. The molecule has 0 rings (SSSR count). The Morgan fingerprint density at radius 3 is 2.09 bits per heavy atom. The van der Waals surface area contributed by atoms with Gasteiger partial charge in [0.15, 0.2) is 0 Å². The van der Waals surface area contributed by atoms with E-state index < -0.39 is 0 Å². The Labute approximate surface area is 73.5 Å². The molecule has 0 aliphatic carbocycles. The summed E-state index contributed by atoms with van der Waals surface area (Å²) in [4.78, 5) is 0. The normalized spacial score (nSPS) is 12.2. The van der Waals surface area contributed by atoms with E-state index in [0.29, 0.717) is 12.2 Å². The van der Waals surface area contributed by atoms with Crippen LogP contribution >= 0.6 is 12.6 Å². The zero-order chi connectivity index (χ0) is 8.69. The highest BCUT2D eigenvalue weighted by molar-refractivity contribution is 7.80. The third-order valence-corrected chi connectivity index (χ3v) is 1.80. The Bertz CT molecular complexity index is 170. The Balaban J connectivity index is 4.46. The number of aliphatic hydroxyl groups excluding tert-OH is 1. The molecule has 0 aliphatic rings. The van der Waals surface area contributed by atoms with Gasteiger partial charge in [0.1, 0.15) is 0 Å². The molecule has 2 heteroatoms. The molecule has 62 valence electrons. The van der Waals surface area contributed by atoms with Crippen molar-refractivity contribution in [1.82, 2.24) is 0 Å². The number of rotatable bonds is 5. The lowest BCUT2D eigenvalue weighted by Gasteiger charge is -2.03. The Hall–Kier alpha value is -0.470. The second kappa shape index (κ2) is 6.25. The molecule has 0 aliphatic heterocycles. The average Bonchev–Trinajstić information content (AvgIpc) is 2.05. The minimum Gasteiger partial charge on any atom is -0.396 e. The van der Waals surface area contributed by atoms with E-state index in [1.54, 1.807) is 12.2 Å². The van der Waals surface area contributed by atoms with E-state index in [1.165, 1.54) is 0 Å². The number of hydrogen-bond acceptors (Lipinski definition) is 2. The van der Waals surface area contributed by atoms with Gasteiger partial charge in [0.2, 0.25) is 0 Å². The number of thiol groups is 1. The lowest BCUT2D eigenvalue weighted by molar-refractivity contribution is 0.300. The predicted octanol–water partition coefficient (Wildman–Crippen LogP) is 1.97. The van der Waals surface area contributed by atoms with Gasteiger partial charge in [0, 0.05) is 12.4 Å². The van der Waals surface area contributed by atoms with Gasteiger partial charge in [0.05, 0.1) is 0 Å². The summed E-state index contributed by atoms with van der Waals surface area (Å²) in [5, 5.41) is 8.67. The smallest absolute Gasteiger partial charge is 0.0471 e. The Kier molecular flexibility index (Phi) is 5.99. The first-order valence-electron chi connectivity index (χ1n) is 3.48. The van der Waals surface area contributed by atoms with Crippen molar-refractivity contribution >= 4 is 12.6 Å². The largest absolute Gasteiger partial charge is 0.396 e. The van der Waals surface area contributed by atoms with Gasteiger partial charge in [-0.1, -0.05) is 25.3 Å². The first kappa shape index (κ1) is 10.5. The molecular weight excluding hydrogens is 156 g/mol. The van der Waals surface area contributed by atoms with Gasteiger partial charge in [0.25, 0.3) is 0 Å². The number of hydrogen-bond donors (Lipinski definition) is 2. The second-order valence-electron chi connectivity index (χ2n) is 2.09. The standard InChI is InChI=1S/C9H14OS/c1-3-8(5-6-10)9(4-2)7-11/h3-4,10-11H,1-2,5-7H2/b9-8-. The molecule has 11 heavy (non-hydrogen) atoms. The summed E-state index contributed by atoms with van der Waals surface area (Å²) in [6.07, 6.45) is 4.12. The molecule has 0 heterocycles. The van der Waals surface area contributed by atoms with Crippen LogP contribution in [0.1, 0.15) is 6.42 Å². The SMILES string of the molecule is C=C/C(CS)=C(\C=C)CCO. The highest BCUT2D eigenvalue weighted by atomic mass is 32.1. The van der Waals surface area contributed by atoms with E-state index in [0.717, 1.165) is 11.1 Å². The van der Waals surface area contributed by atoms with Crippen LogP contribution in [0.5, 0.6) is 0 Å². The molecule has 0 fully saturated rings. The molecule has 0 saturated carbocycles. The lowest BCUT2D eigenvalue weighted by Crippen LogP contribution is -1.91. The maximum atomic E-state index is 8.67. The van der Waals surface area contributed by atoms with Crippen LogP contribution in [-0.2, 0) is 0 Å². The maximum Gasteiger partial charge on any atom is 0.0471 e. The summed E-state index contributed by atoms with van der Waals surface area (Å²) in [5.74, 6) is 0.644. The van der Waals surface area contributed by atoms with Gasteiger partial charge in [-0.2, -0.15) is 12.6 Å². The first-order valence-corrected chi connectivity index (χ1v) is 4.12. The van der Waals surface area contributed by atoms with Gasteiger partial charge in [-0.05, 0) is 17.6 Å². The average molecular weight is 170 g/mol. The first-order chi connectivity index (χ1) is 5.29. The van der Waals surface area contributed by atoms with Crippen LogP contribution in [0.3, 0.4) is 0 Å². The lowest BCUT2D eigenvalue weighted by atomic mass is 10.1. The molecule has 0 atom stereocenters. The zero-order valence-corrected chi connectivity index (χ0v) is 7.48. The predicted molar refractivity (Wildman–Crippen MR) is 53.0 cm³/mol. The van der Waals surface area contributed by atoms with E-state index in [1.807, 2.05) is 0 Å². The van der Waals surface area contributed by atoms with Crippen LogP contribution in [0, 0.1) is 0 Å². The van der Waals surface area contributed by atoms with Crippen molar-refractivity contribution in [2.45, 2.75) is 6.42 Å². The summed E-state index contributed by atoms with van der Waals surface area (Å²) >= 11 is 4.12. The van der Waals surface area contributed by atoms with Gasteiger partial charge < -0.3 is 5.11 Å². The summed E-state index contributed by atoms with van der Waals surface area (Å²) < 4.78 is 0. The van der Waals surface area contributed by atoms with E-state index >= 15 is 0 Å². The number of allylic oxidation sites excluding steroid dienone is 2. The maximum absolute atomic E-state index is 8.67. The van der Waals surface area contributed by atoms with E-state index in [2.05, 4.69) is 25.8 Å². The van der Waals surface area contributed by atoms with Crippen molar-refractivity contribution in [3.8, 4) is 0 Å². The third kappa shape index (κ3) is 3.44. The number of aliphatic hydroxyl groups is 1. The molecule has 0 aromatic carbocycles. The molecular formula is C9H14OS. The van der Waals surface area contributed by atoms with Crippen LogP contribution in [-0.4, -0.2) is 17.5 Å². The Morgan fingerprint density at radius 1 is 1.27 bits per heavy atom. The van der Waals surface area contributed by atoms with E-state index in [9.17, 15) is 0 Å². The summed E-state index contributed by atoms with van der Waals surface area (Å²) in [6, 6.07) is 0. The van der Waals surface area contributed by atoms with Gasteiger partial charge >= 0.3 is 0 Å². The fraction of sp³-hybridized carbons (Fsp3) is 0.333. The van der Waals surface area contributed by atoms with E-state index in [4.69, 9.17) is 5.11 Å². The summed E-state index contributed by atoms with van der Waals surface area (Å²) in [6.45, 7) is 7.44. The van der Waals surface area contributed by atoms with Crippen molar-refractivity contribution in [2.75, 3.05) is 12.4 Å². The third-order valence-electron chi connectivity index (χ3n) is 1.46. The van der Waals surface area contributed by atoms with Crippen LogP contribution in [0.25, 0.3) is 0 Å². The molecule has 0 radical (unpaired) electrons. The van der Waals surface area contributed by atoms with Crippen molar-refractivity contribution in [3.63, 3.8) is 0 Å². The molecule has 1 nitrogen and oxygen atoms in total. The summed E-state index contributed by atoms with van der Waals surface area (Å²) in [7, 11) is 0. The van der Waals surface area contributed by atoms with Gasteiger partial charge in [-0.3, -0.25) is 0 Å². The van der Waals surface area contributed by atoms with Crippen molar-refractivity contribution in [3.05, 3.63) is 36.5 Å². The van der Waals surface area contributed by atoms with Crippen LogP contribution in [0.15, 0.2) is 36.5 Å². The monoisotopic (exact) mass is 170 g/mol. The van der Waals surface area contributed by atoms with Crippen molar-refractivity contribution in [1.29, 1.82) is 0 Å². The highest BCUT2D eigenvalue weighted by Crippen LogP contribution is 2.11. The molecule has 0 saturated heterocycles. The topological polar surface area (TPSA) is 20.2 Å². The van der Waals surface area contributed by atoms with E-state index in [-0.39, 0.29) is 6.61 Å². The molecule has 0 spiro atoms. The summed E-state index contributed by atoms with van der Waals surface area (Å²) in [5.41, 5.74) is 2.06. The molecule has 0 aromatic heterocycles. The second-order valence-corrected chi connectivity index (χ2v) is 2.41. The molecule has 1 N–H and O–H groups in total. The van der Waals surface area contributed by atoms with Crippen molar-refractivity contribution < 1.29 is 5.11 Å².